The number of carbonyl (C=O) groups is 2. The number of ether oxygens (including phenoxy) is 1. The Kier molecular flexibility index (Phi) is 6.88. The number of anilines is 1. The number of nitrogens with one attached hydrogen (secondary N) is 2. The summed E-state index contributed by atoms with van der Waals surface area (Å²) in [6.07, 6.45) is 0. The second-order valence-electron chi connectivity index (χ2n) is 6.80. The first-order valence-corrected chi connectivity index (χ1v) is 11.1. The molecule has 0 spiro atoms. The number of H-pyrrole nitrogens is 1. The van der Waals surface area contributed by atoms with Crippen molar-refractivity contribution in [3.63, 3.8) is 0 Å². The molecule has 0 aliphatic carbocycles. The lowest BCUT2D eigenvalue weighted by molar-refractivity contribution is -0.115. The fourth-order valence-electron chi connectivity index (χ4n) is 2.55. The molecule has 1 aromatic carbocycles. The Morgan fingerprint density at radius 2 is 2.00 bits per heavy atom. The van der Waals surface area contributed by atoms with Crippen molar-refractivity contribution < 1.29 is 14.3 Å². The zero-order valence-electron chi connectivity index (χ0n) is 17.0. The lowest BCUT2D eigenvalue weighted by Crippen LogP contribution is -2.23. The first-order chi connectivity index (χ1) is 14.3. The van der Waals surface area contributed by atoms with Crippen molar-refractivity contribution in [1.29, 1.82) is 0 Å². The smallest absolute Gasteiger partial charge is 0.338 e. The van der Waals surface area contributed by atoms with Crippen LogP contribution in [0.1, 0.15) is 49.7 Å². The average molecular weight is 447 g/mol. The van der Waals surface area contributed by atoms with Gasteiger partial charge >= 0.3 is 5.97 Å². The van der Waals surface area contributed by atoms with Gasteiger partial charge in [-0.3, -0.25) is 9.59 Å². The van der Waals surface area contributed by atoms with Crippen molar-refractivity contribution >= 4 is 50.3 Å². The van der Waals surface area contributed by atoms with Crippen LogP contribution in [0.3, 0.4) is 0 Å². The molecule has 30 heavy (non-hydrogen) atoms. The minimum absolute atomic E-state index is 0.109. The molecular formula is C20H22N4O4S2. The number of aromatic amines is 1. The topological polar surface area (TPSA) is 114 Å². The summed E-state index contributed by atoms with van der Waals surface area (Å²) in [4.78, 5) is 47.8. The molecular weight excluding hydrogens is 424 g/mol. The predicted octanol–water partition coefficient (Wildman–Crippen LogP) is 3.80. The first kappa shape index (κ1) is 22.0. The highest BCUT2D eigenvalue weighted by atomic mass is 32.2. The fraction of sp³-hybridized carbons (Fsp3) is 0.350. The molecule has 0 saturated carbocycles. The third-order valence-electron chi connectivity index (χ3n) is 4.12. The first-order valence-electron chi connectivity index (χ1n) is 9.43. The molecule has 1 unspecified atom stereocenters. The number of hydrogen-bond acceptors (Lipinski definition) is 8. The highest BCUT2D eigenvalue weighted by molar-refractivity contribution is 8.00. The summed E-state index contributed by atoms with van der Waals surface area (Å²) in [6.45, 7) is 7.69. The van der Waals surface area contributed by atoms with Crippen LogP contribution >= 0.6 is 23.1 Å². The van der Waals surface area contributed by atoms with E-state index in [9.17, 15) is 14.4 Å². The molecule has 0 radical (unpaired) electrons. The zero-order valence-corrected chi connectivity index (χ0v) is 18.6. The van der Waals surface area contributed by atoms with Gasteiger partial charge in [0.1, 0.15) is 0 Å². The molecule has 3 aromatic rings. The third-order valence-corrected chi connectivity index (χ3v) is 6.04. The van der Waals surface area contributed by atoms with E-state index in [0.717, 1.165) is 4.70 Å². The minimum Gasteiger partial charge on any atom is -0.462 e. The van der Waals surface area contributed by atoms with Gasteiger partial charge in [-0.25, -0.2) is 14.8 Å². The van der Waals surface area contributed by atoms with Crippen LogP contribution in [0.4, 0.5) is 5.13 Å². The highest BCUT2D eigenvalue weighted by Gasteiger charge is 2.19. The molecule has 3 rings (SSSR count). The zero-order chi connectivity index (χ0) is 21.8. The molecule has 2 heterocycles. The maximum atomic E-state index is 12.6. The summed E-state index contributed by atoms with van der Waals surface area (Å²) in [6, 6.07) is 6.53. The molecule has 1 atom stereocenters. The van der Waals surface area contributed by atoms with Crippen LogP contribution in [0.5, 0.6) is 0 Å². The van der Waals surface area contributed by atoms with Crippen LogP contribution in [0.2, 0.25) is 0 Å². The molecule has 0 fully saturated rings. The molecule has 10 heteroatoms. The normalized spacial score (nSPS) is 12.2. The van der Waals surface area contributed by atoms with Crippen LogP contribution in [-0.2, 0) is 9.53 Å². The van der Waals surface area contributed by atoms with Crippen LogP contribution in [-0.4, -0.2) is 38.7 Å². The Morgan fingerprint density at radius 1 is 1.23 bits per heavy atom. The summed E-state index contributed by atoms with van der Waals surface area (Å²) in [5.74, 6) is -0.547. The molecule has 2 aromatic heterocycles. The van der Waals surface area contributed by atoms with Crippen LogP contribution < -0.4 is 10.9 Å². The number of esters is 1. The second kappa shape index (κ2) is 9.40. The van der Waals surface area contributed by atoms with Gasteiger partial charge in [0, 0.05) is 6.07 Å². The van der Waals surface area contributed by atoms with Gasteiger partial charge in [0.05, 0.1) is 33.3 Å². The maximum absolute atomic E-state index is 12.6. The number of aromatic nitrogens is 3. The summed E-state index contributed by atoms with van der Waals surface area (Å²) < 4.78 is 5.78. The minimum atomic E-state index is -0.502. The largest absolute Gasteiger partial charge is 0.462 e. The van der Waals surface area contributed by atoms with Gasteiger partial charge in [-0.2, -0.15) is 0 Å². The summed E-state index contributed by atoms with van der Waals surface area (Å²) in [5.41, 5.74) is 1.55. The Bertz CT molecular complexity index is 1140. The number of nitrogens with zero attached hydrogens (tertiary/aromatic N) is 2. The molecule has 0 saturated heterocycles. The van der Waals surface area contributed by atoms with E-state index in [2.05, 4.69) is 20.3 Å². The van der Waals surface area contributed by atoms with E-state index >= 15 is 0 Å². The van der Waals surface area contributed by atoms with Crippen LogP contribution in [0, 0.1) is 0 Å². The van der Waals surface area contributed by atoms with E-state index in [1.807, 2.05) is 13.8 Å². The van der Waals surface area contributed by atoms with E-state index in [4.69, 9.17) is 4.74 Å². The Labute approximate surface area is 181 Å². The Balaban J connectivity index is 1.71. The van der Waals surface area contributed by atoms with Crippen molar-refractivity contribution in [2.24, 2.45) is 0 Å². The van der Waals surface area contributed by atoms with E-state index in [0.29, 0.717) is 33.7 Å². The SMILES string of the molecule is CCOC(=O)c1ccc2nc(NC(=O)C(C)Sc3nc(C(C)C)cc(=O)[nH]3)sc2c1. The van der Waals surface area contributed by atoms with Crippen LogP contribution in [0.15, 0.2) is 34.2 Å². The molecule has 0 aliphatic rings. The predicted molar refractivity (Wildman–Crippen MR) is 118 cm³/mol. The molecule has 2 N–H and O–H groups in total. The summed E-state index contributed by atoms with van der Waals surface area (Å²) in [5, 5.41) is 3.12. The number of amides is 1. The third kappa shape index (κ3) is 5.25. The average Bonchev–Trinajstić information content (AvgIpc) is 3.08. The Hall–Kier alpha value is -2.72. The molecule has 1 amide bonds. The number of carbonyl (C=O) groups excluding carboxylic acids is 2. The summed E-state index contributed by atoms with van der Waals surface area (Å²) >= 11 is 2.45. The highest BCUT2D eigenvalue weighted by Crippen LogP contribution is 2.28. The number of thiazole rings is 1. The number of thioether (sulfide) groups is 1. The lowest BCUT2D eigenvalue weighted by atomic mass is 10.1. The van der Waals surface area contributed by atoms with Gasteiger partial charge in [0.2, 0.25) is 5.91 Å². The molecule has 0 bridgehead atoms. The lowest BCUT2D eigenvalue weighted by Gasteiger charge is -2.11. The molecule has 0 aliphatic heterocycles. The number of rotatable bonds is 7. The van der Waals surface area contributed by atoms with Crippen molar-refractivity contribution in [2.75, 3.05) is 11.9 Å². The fourth-order valence-corrected chi connectivity index (χ4v) is 4.28. The van der Waals surface area contributed by atoms with Crippen molar-refractivity contribution in [1.82, 2.24) is 15.0 Å². The van der Waals surface area contributed by atoms with E-state index in [1.54, 1.807) is 32.0 Å². The number of hydrogen-bond donors (Lipinski definition) is 2. The quantitative estimate of drug-likeness (QED) is 0.322. The van der Waals surface area contributed by atoms with Crippen LogP contribution in [0.25, 0.3) is 10.2 Å². The second-order valence-corrected chi connectivity index (χ2v) is 9.16. The molecule has 8 nitrogen and oxygen atoms in total. The van der Waals surface area contributed by atoms with Gasteiger partial charge in [-0.05, 0) is 38.0 Å². The van der Waals surface area contributed by atoms with Gasteiger partial charge < -0.3 is 15.0 Å². The maximum Gasteiger partial charge on any atom is 0.338 e. The van der Waals surface area contributed by atoms with Gasteiger partial charge in [0.15, 0.2) is 10.3 Å². The van der Waals surface area contributed by atoms with Crippen molar-refractivity contribution in [3.05, 3.63) is 45.9 Å². The van der Waals surface area contributed by atoms with E-state index in [1.165, 1.54) is 29.2 Å². The number of fused-ring (bicyclic) bond motifs is 1. The summed E-state index contributed by atoms with van der Waals surface area (Å²) in [7, 11) is 0. The molecule has 158 valence electrons. The monoisotopic (exact) mass is 446 g/mol. The van der Waals surface area contributed by atoms with Gasteiger partial charge in [-0.1, -0.05) is 36.9 Å². The number of benzene rings is 1. The van der Waals surface area contributed by atoms with E-state index < -0.39 is 11.2 Å². The van der Waals surface area contributed by atoms with Gasteiger partial charge in [-0.15, -0.1) is 0 Å². The van der Waals surface area contributed by atoms with E-state index in [-0.39, 0.29) is 17.4 Å². The van der Waals surface area contributed by atoms with Gasteiger partial charge in [0.25, 0.3) is 5.56 Å². The Morgan fingerprint density at radius 3 is 2.70 bits per heavy atom. The van der Waals surface area contributed by atoms with Crippen molar-refractivity contribution in [3.8, 4) is 0 Å². The van der Waals surface area contributed by atoms with Crippen molar-refractivity contribution in [2.45, 2.75) is 44.0 Å². The standard InChI is InChI=1S/C20H22N4O4S2/c1-5-28-18(27)12-6-7-13-15(8-12)30-20(21-13)24-17(26)11(4)29-19-22-14(10(2)3)9-16(25)23-19/h6-11H,5H2,1-4H3,(H,21,24,26)(H,22,23,25).